The number of pyridine rings is 1. The van der Waals surface area contributed by atoms with E-state index >= 15 is 0 Å². The Balaban J connectivity index is 2.73. The van der Waals surface area contributed by atoms with Crippen LogP contribution in [0.1, 0.15) is 16.3 Å². The van der Waals surface area contributed by atoms with Crippen molar-refractivity contribution in [2.24, 2.45) is 5.73 Å². The number of carbonyl (C=O) groups is 1. The third kappa shape index (κ3) is 1.83. The van der Waals surface area contributed by atoms with E-state index in [2.05, 4.69) is 4.98 Å². The Bertz CT molecular complexity index is 574. The Kier molecular flexibility index (Phi) is 2.72. The molecular weight excluding hydrogens is 220 g/mol. The average Bonchev–Trinajstić information content (AvgIpc) is 2.66. The van der Waals surface area contributed by atoms with Crippen molar-refractivity contribution < 1.29 is 9.90 Å². The lowest BCUT2D eigenvalue weighted by Gasteiger charge is -2.12. The zero-order chi connectivity index (χ0) is 12.6. The van der Waals surface area contributed by atoms with E-state index in [4.69, 9.17) is 10.8 Å². The van der Waals surface area contributed by atoms with Crippen molar-refractivity contribution in [2.45, 2.75) is 6.54 Å². The molecule has 0 unspecified atom stereocenters. The number of hydrogen-bond acceptors (Lipinski definition) is 4. The first-order chi connectivity index (χ1) is 8.04. The molecule has 6 heteroatoms. The van der Waals surface area contributed by atoms with E-state index in [9.17, 15) is 4.79 Å². The molecule has 0 aliphatic heterocycles. The molecule has 0 fully saturated rings. The number of fused-ring (bicyclic) bond motifs is 1. The van der Waals surface area contributed by atoms with E-state index in [0.29, 0.717) is 11.3 Å². The number of aromatic carboxylic acids is 1. The fourth-order valence-corrected chi connectivity index (χ4v) is 1.72. The predicted octanol–water partition coefficient (Wildman–Crippen LogP) is 0.557. The van der Waals surface area contributed by atoms with Crippen molar-refractivity contribution >= 4 is 17.2 Å². The number of nitrogens with zero attached hydrogens (tertiary/aromatic N) is 3. The molecule has 2 aromatic heterocycles. The monoisotopic (exact) mass is 234 g/mol. The number of carboxylic acids is 1. The summed E-state index contributed by atoms with van der Waals surface area (Å²) in [5.41, 5.74) is 7.06. The van der Waals surface area contributed by atoms with Crippen LogP contribution in [0.2, 0.25) is 0 Å². The summed E-state index contributed by atoms with van der Waals surface area (Å²) in [5.74, 6) is -0.499. The van der Waals surface area contributed by atoms with Crippen LogP contribution < -0.4 is 10.6 Å². The molecule has 2 aromatic rings. The zero-order valence-corrected chi connectivity index (χ0v) is 9.71. The number of aromatic nitrogens is 2. The first-order valence-electron chi connectivity index (χ1n) is 5.16. The summed E-state index contributed by atoms with van der Waals surface area (Å²) in [5, 5.41) is 9.09. The Morgan fingerprint density at radius 3 is 2.82 bits per heavy atom. The summed E-state index contributed by atoms with van der Waals surface area (Å²) in [7, 11) is 3.79. The number of nitrogens with two attached hydrogens (primary N) is 1. The highest BCUT2D eigenvalue weighted by molar-refractivity contribution is 5.94. The van der Waals surface area contributed by atoms with Crippen LogP contribution in [-0.4, -0.2) is 34.6 Å². The molecule has 0 spiro atoms. The summed E-state index contributed by atoms with van der Waals surface area (Å²) >= 11 is 0. The van der Waals surface area contributed by atoms with Crippen molar-refractivity contribution in [1.29, 1.82) is 0 Å². The summed E-state index contributed by atoms with van der Waals surface area (Å²) < 4.78 is 1.70. The second kappa shape index (κ2) is 4.06. The minimum atomic E-state index is -1.04. The van der Waals surface area contributed by atoms with Gasteiger partial charge in [0.2, 0.25) is 0 Å². The summed E-state index contributed by atoms with van der Waals surface area (Å²) in [6.07, 6.45) is 1.78. The second-order valence-corrected chi connectivity index (χ2v) is 3.92. The van der Waals surface area contributed by atoms with Crippen molar-refractivity contribution in [2.75, 3.05) is 19.0 Å². The number of anilines is 1. The van der Waals surface area contributed by atoms with Gasteiger partial charge in [-0.05, 0) is 12.1 Å². The molecular formula is C11H14N4O2. The van der Waals surface area contributed by atoms with Gasteiger partial charge in [-0.25, -0.2) is 9.78 Å². The van der Waals surface area contributed by atoms with Crippen LogP contribution in [0.25, 0.3) is 5.52 Å². The van der Waals surface area contributed by atoms with Crippen LogP contribution in [0, 0.1) is 0 Å². The molecule has 6 nitrogen and oxygen atoms in total. The maximum absolute atomic E-state index is 11.1. The standard InChI is InChI=1S/C11H14N4O2/c1-14(2)7-3-4-15-8(5-7)10(11(16)17)13-9(15)6-12/h3-5H,6,12H2,1-2H3,(H,16,17). The van der Waals surface area contributed by atoms with Gasteiger partial charge in [-0.1, -0.05) is 0 Å². The van der Waals surface area contributed by atoms with E-state index in [-0.39, 0.29) is 12.2 Å². The molecule has 0 aliphatic rings. The first kappa shape index (κ1) is 11.4. The number of rotatable bonds is 3. The Hall–Kier alpha value is -2.08. The van der Waals surface area contributed by atoms with Crippen molar-refractivity contribution in [3.8, 4) is 0 Å². The van der Waals surface area contributed by atoms with Crippen LogP contribution in [0.5, 0.6) is 0 Å². The van der Waals surface area contributed by atoms with Crippen molar-refractivity contribution in [3.05, 3.63) is 29.8 Å². The van der Waals surface area contributed by atoms with Crippen LogP contribution in [0.4, 0.5) is 5.69 Å². The van der Waals surface area contributed by atoms with Gasteiger partial charge in [0.05, 0.1) is 12.1 Å². The summed E-state index contributed by atoms with van der Waals surface area (Å²) in [4.78, 5) is 17.0. The third-order valence-corrected chi connectivity index (χ3v) is 2.60. The molecule has 0 radical (unpaired) electrons. The molecule has 0 aromatic carbocycles. The van der Waals surface area contributed by atoms with Crippen LogP contribution in [-0.2, 0) is 6.54 Å². The molecule has 0 saturated heterocycles. The Morgan fingerprint density at radius 2 is 2.29 bits per heavy atom. The highest BCUT2D eigenvalue weighted by Crippen LogP contribution is 2.19. The fourth-order valence-electron chi connectivity index (χ4n) is 1.72. The molecule has 90 valence electrons. The predicted molar refractivity (Wildman–Crippen MR) is 64.4 cm³/mol. The lowest BCUT2D eigenvalue weighted by Crippen LogP contribution is -2.09. The molecule has 0 bridgehead atoms. The van der Waals surface area contributed by atoms with Gasteiger partial charge in [-0.3, -0.25) is 0 Å². The largest absolute Gasteiger partial charge is 0.476 e. The van der Waals surface area contributed by atoms with Crippen LogP contribution in [0.15, 0.2) is 18.3 Å². The van der Waals surface area contributed by atoms with E-state index in [1.165, 1.54) is 0 Å². The van der Waals surface area contributed by atoms with Gasteiger partial charge < -0.3 is 20.1 Å². The van der Waals surface area contributed by atoms with Gasteiger partial charge in [-0.2, -0.15) is 0 Å². The third-order valence-electron chi connectivity index (χ3n) is 2.60. The maximum Gasteiger partial charge on any atom is 0.356 e. The smallest absolute Gasteiger partial charge is 0.356 e. The summed E-state index contributed by atoms with van der Waals surface area (Å²) in [6.45, 7) is 0.204. The van der Waals surface area contributed by atoms with E-state index in [1.807, 2.05) is 25.1 Å². The molecule has 0 amide bonds. The molecule has 2 rings (SSSR count). The zero-order valence-electron chi connectivity index (χ0n) is 9.71. The lowest BCUT2D eigenvalue weighted by atomic mass is 10.3. The Morgan fingerprint density at radius 1 is 1.59 bits per heavy atom. The number of carboxylic acid groups (broad SMARTS) is 1. The van der Waals surface area contributed by atoms with Gasteiger partial charge in [0, 0.05) is 26.0 Å². The Labute approximate surface area is 98.3 Å². The van der Waals surface area contributed by atoms with Gasteiger partial charge in [0.1, 0.15) is 5.82 Å². The first-order valence-corrected chi connectivity index (χ1v) is 5.16. The van der Waals surface area contributed by atoms with Crippen LogP contribution >= 0.6 is 0 Å². The van der Waals surface area contributed by atoms with Gasteiger partial charge in [-0.15, -0.1) is 0 Å². The second-order valence-electron chi connectivity index (χ2n) is 3.92. The fraction of sp³-hybridized carbons (Fsp3) is 0.273. The minimum absolute atomic E-state index is 0.0363. The van der Waals surface area contributed by atoms with E-state index in [0.717, 1.165) is 5.69 Å². The number of hydrogen-bond donors (Lipinski definition) is 2. The van der Waals surface area contributed by atoms with Gasteiger partial charge in [0.25, 0.3) is 0 Å². The minimum Gasteiger partial charge on any atom is -0.476 e. The summed E-state index contributed by atoms with van der Waals surface area (Å²) in [6, 6.07) is 3.68. The van der Waals surface area contributed by atoms with Crippen molar-refractivity contribution in [3.63, 3.8) is 0 Å². The van der Waals surface area contributed by atoms with E-state index < -0.39 is 5.97 Å². The van der Waals surface area contributed by atoms with Gasteiger partial charge >= 0.3 is 5.97 Å². The SMILES string of the molecule is CN(C)c1ccn2c(CN)nc(C(=O)O)c2c1. The molecule has 2 heterocycles. The molecule has 0 aliphatic carbocycles. The average molecular weight is 234 g/mol. The van der Waals surface area contributed by atoms with Crippen molar-refractivity contribution in [1.82, 2.24) is 9.38 Å². The quantitative estimate of drug-likeness (QED) is 0.810. The number of imidazole rings is 1. The van der Waals surface area contributed by atoms with Crippen LogP contribution in [0.3, 0.4) is 0 Å². The lowest BCUT2D eigenvalue weighted by molar-refractivity contribution is 0.0693. The highest BCUT2D eigenvalue weighted by atomic mass is 16.4. The molecule has 0 saturated carbocycles. The van der Waals surface area contributed by atoms with Gasteiger partial charge in [0.15, 0.2) is 5.69 Å². The topological polar surface area (TPSA) is 83.9 Å². The molecule has 17 heavy (non-hydrogen) atoms. The van der Waals surface area contributed by atoms with E-state index in [1.54, 1.807) is 16.7 Å². The normalized spacial score (nSPS) is 10.8. The maximum atomic E-state index is 11.1. The molecule has 3 N–H and O–H groups in total. The highest BCUT2D eigenvalue weighted by Gasteiger charge is 2.16. The molecule has 0 atom stereocenters.